The summed E-state index contributed by atoms with van der Waals surface area (Å²) in [5, 5.41) is 8.70. The monoisotopic (exact) mass is 356 g/mol. The molecular formula is C14H14F2N4O5. The van der Waals surface area contributed by atoms with Crippen LogP contribution in [0.2, 0.25) is 0 Å². The molecule has 0 atom stereocenters. The van der Waals surface area contributed by atoms with Crippen molar-refractivity contribution in [2.45, 2.75) is 19.3 Å². The largest absolute Gasteiger partial charge is 0.586 e. The number of benzene rings is 1. The fourth-order valence-corrected chi connectivity index (χ4v) is 2.01. The van der Waals surface area contributed by atoms with Crippen LogP contribution < -0.4 is 20.1 Å². The highest BCUT2D eigenvalue weighted by Crippen LogP contribution is 2.42. The zero-order valence-corrected chi connectivity index (χ0v) is 13.0. The molecule has 3 rings (SSSR count). The fourth-order valence-electron chi connectivity index (χ4n) is 2.01. The third-order valence-corrected chi connectivity index (χ3v) is 3.10. The van der Waals surface area contributed by atoms with E-state index in [0.717, 1.165) is 0 Å². The van der Waals surface area contributed by atoms with Crippen molar-refractivity contribution in [3.63, 3.8) is 0 Å². The summed E-state index contributed by atoms with van der Waals surface area (Å²) in [6.07, 6.45) is -3.24. The van der Waals surface area contributed by atoms with Gasteiger partial charge in [-0.2, -0.15) is 4.98 Å². The molecule has 0 unspecified atom stereocenters. The number of carbonyl (C=O) groups is 1. The number of amides is 2. The minimum Gasteiger partial charge on any atom is -0.395 e. The van der Waals surface area contributed by atoms with E-state index in [9.17, 15) is 13.6 Å². The molecule has 2 heterocycles. The van der Waals surface area contributed by atoms with Crippen molar-refractivity contribution in [3.05, 3.63) is 29.9 Å². The summed E-state index contributed by atoms with van der Waals surface area (Å²) in [4.78, 5) is 15.9. The lowest BCUT2D eigenvalue weighted by Crippen LogP contribution is -2.28. The molecule has 134 valence electrons. The van der Waals surface area contributed by atoms with Gasteiger partial charge >= 0.3 is 12.3 Å². The number of aromatic nitrogens is 2. The number of urea groups is 1. The molecule has 1 aliphatic heterocycles. The Morgan fingerprint density at radius 2 is 2.12 bits per heavy atom. The predicted molar refractivity (Wildman–Crippen MR) is 78.4 cm³/mol. The quantitative estimate of drug-likeness (QED) is 0.814. The SMILES string of the molecule is COCCc1nc(CNC(=O)Nc2ccc3c(c2)OC(F)(F)O3)no1. The standard InChI is InChI=1S/C14H14F2N4O5/c1-22-5-4-12-19-11(20-25-12)7-17-13(21)18-8-2-3-9-10(6-8)24-14(15,16)23-9/h2-3,6H,4-5,7H2,1H3,(H2,17,18,21). The molecule has 2 amide bonds. The van der Waals surface area contributed by atoms with Crippen LogP contribution in [0.1, 0.15) is 11.7 Å². The zero-order valence-electron chi connectivity index (χ0n) is 13.0. The van der Waals surface area contributed by atoms with Crippen LogP contribution >= 0.6 is 0 Å². The first-order valence-corrected chi connectivity index (χ1v) is 7.20. The van der Waals surface area contributed by atoms with Gasteiger partial charge in [-0.05, 0) is 12.1 Å². The van der Waals surface area contributed by atoms with Gasteiger partial charge in [0.15, 0.2) is 17.3 Å². The number of hydrogen-bond acceptors (Lipinski definition) is 7. The summed E-state index contributed by atoms with van der Waals surface area (Å²) >= 11 is 0. The van der Waals surface area contributed by atoms with Crippen LogP contribution in [-0.2, 0) is 17.7 Å². The summed E-state index contributed by atoms with van der Waals surface area (Å²) in [5.41, 5.74) is 0.256. The van der Waals surface area contributed by atoms with E-state index >= 15 is 0 Å². The predicted octanol–water partition coefficient (Wildman–Crippen LogP) is 1.90. The van der Waals surface area contributed by atoms with Crippen LogP contribution in [0, 0.1) is 0 Å². The Morgan fingerprint density at radius 3 is 2.92 bits per heavy atom. The lowest BCUT2D eigenvalue weighted by Gasteiger charge is -2.06. The summed E-state index contributed by atoms with van der Waals surface area (Å²) in [6, 6.07) is 3.33. The maximum atomic E-state index is 12.9. The Balaban J connectivity index is 1.51. The lowest BCUT2D eigenvalue weighted by molar-refractivity contribution is -0.286. The molecule has 1 aromatic carbocycles. The summed E-state index contributed by atoms with van der Waals surface area (Å²) in [6.45, 7) is 0.476. The van der Waals surface area contributed by atoms with Gasteiger partial charge in [-0.25, -0.2) is 4.79 Å². The van der Waals surface area contributed by atoms with Gasteiger partial charge in [0, 0.05) is 18.9 Å². The van der Waals surface area contributed by atoms with E-state index in [1.54, 1.807) is 7.11 Å². The van der Waals surface area contributed by atoms with Gasteiger partial charge in [0.25, 0.3) is 0 Å². The van der Waals surface area contributed by atoms with Gasteiger partial charge in [-0.1, -0.05) is 5.16 Å². The van der Waals surface area contributed by atoms with Crippen LogP contribution in [0.4, 0.5) is 19.3 Å². The molecule has 0 spiro atoms. The zero-order chi connectivity index (χ0) is 17.9. The molecule has 0 saturated heterocycles. The van der Waals surface area contributed by atoms with Crippen molar-refractivity contribution < 1.29 is 32.3 Å². The van der Waals surface area contributed by atoms with Crippen molar-refractivity contribution >= 4 is 11.7 Å². The van der Waals surface area contributed by atoms with E-state index < -0.39 is 12.3 Å². The molecular weight excluding hydrogens is 342 g/mol. The summed E-state index contributed by atoms with van der Waals surface area (Å²) < 4.78 is 44.3. The molecule has 25 heavy (non-hydrogen) atoms. The number of nitrogens with zero attached hydrogens (tertiary/aromatic N) is 2. The van der Waals surface area contributed by atoms with Crippen molar-refractivity contribution in [2.75, 3.05) is 19.0 Å². The van der Waals surface area contributed by atoms with Crippen LogP contribution in [0.15, 0.2) is 22.7 Å². The Hall–Kier alpha value is -2.95. The van der Waals surface area contributed by atoms with E-state index in [1.807, 2.05) is 0 Å². The molecule has 2 aromatic rings. The topological polar surface area (TPSA) is 108 Å². The number of fused-ring (bicyclic) bond motifs is 1. The first-order valence-electron chi connectivity index (χ1n) is 7.20. The average molecular weight is 356 g/mol. The number of nitrogens with one attached hydrogen (secondary N) is 2. The Labute approximate surface area is 140 Å². The van der Waals surface area contributed by atoms with E-state index in [1.165, 1.54) is 18.2 Å². The Morgan fingerprint density at radius 1 is 1.32 bits per heavy atom. The molecule has 2 N–H and O–H groups in total. The number of carbonyl (C=O) groups excluding carboxylic acids is 1. The Kier molecular flexibility index (Phi) is 4.65. The third kappa shape index (κ3) is 4.32. The number of anilines is 1. The Bertz CT molecular complexity index is 767. The molecule has 1 aromatic heterocycles. The van der Waals surface area contributed by atoms with Crippen molar-refractivity contribution in [2.24, 2.45) is 0 Å². The third-order valence-electron chi connectivity index (χ3n) is 3.10. The second-order valence-corrected chi connectivity index (χ2v) is 4.98. The van der Waals surface area contributed by atoms with E-state index in [2.05, 4.69) is 30.2 Å². The van der Waals surface area contributed by atoms with E-state index in [4.69, 9.17) is 9.26 Å². The normalized spacial score (nSPS) is 14.4. The second kappa shape index (κ2) is 6.89. The maximum Gasteiger partial charge on any atom is 0.586 e. The van der Waals surface area contributed by atoms with Gasteiger partial charge < -0.3 is 29.4 Å². The van der Waals surface area contributed by atoms with Crippen LogP contribution in [0.5, 0.6) is 11.5 Å². The number of halogens is 2. The molecule has 0 radical (unpaired) electrons. The lowest BCUT2D eigenvalue weighted by atomic mass is 10.3. The first-order chi connectivity index (χ1) is 11.9. The van der Waals surface area contributed by atoms with E-state index in [-0.39, 0.29) is 23.7 Å². The molecule has 11 heteroatoms. The highest BCUT2D eigenvalue weighted by atomic mass is 19.3. The number of rotatable bonds is 6. The van der Waals surface area contributed by atoms with Crippen LogP contribution in [-0.4, -0.2) is 36.2 Å². The molecule has 0 bridgehead atoms. The first kappa shape index (κ1) is 16.9. The van der Waals surface area contributed by atoms with Crippen molar-refractivity contribution in [3.8, 4) is 11.5 Å². The summed E-state index contributed by atoms with van der Waals surface area (Å²) in [5.74, 6) is 0.428. The number of alkyl halides is 2. The van der Waals surface area contributed by atoms with Gasteiger partial charge in [-0.3, -0.25) is 0 Å². The molecule has 0 aliphatic carbocycles. The smallest absolute Gasteiger partial charge is 0.395 e. The van der Waals surface area contributed by atoms with Crippen molar-refractivity contribution in [1.29, 1.82) is 0 Å². The van der Waals surface area contributed by atoms with Gasteiger partial charge in [0.2, 0.25) is 5.89 Å². The highest BCUT2D eigenvalue weighted by Gasteiger charge is 2.43. The molecule has 9 nitrogen and oxygen atoms in total. The molecule has 0 fully saturated rings. The maximum absolute atomic E-state index is 12.9. The minimum atomic E-state index is -3.71. The average Bonchev–Trinajstić information content (AvgIpc) is 3.12. The minimum absolute atomic E-state index is 0.0327. The van der Waals surface area contributed by atoms with E-state index in [0.29, 0.717) is 24.7 Å². The number of ether oxygens (including phenoxy) is 3. The number of methoxy groups -OCH3 is 1. The second-order valence-electron chi connectivity index (χ2n) is 4.98. The number of hydrogen-bond donors (Lipinski definition) is 2. The summed E-state index contributed by atoms with van der Waals surface area (Å²) in [7, 11) is 1.56. The molecule has 0 saturated carbocycles. The molecule has 1 aliphatic rings. The van der Waals surface area contributed by atoms with Crippen molar-refractivity contribution in [1.82, 2.24) is 15.5 Å². The van der Waals surface area contributed by atoms with Gasteiger partial charge in [0.05, 0.1) is 19.6 Å². The van der Waals surface area contributed by atoms with Crippen LogP contribution in [0.3, 0.4) is 0 Å². The van der Waals surface area contributed by atoms with Crippen LogP contribution in [0.25, 0.3) is 0 Å². The highest BCUT2D eigenvalue weighted by molar-refractivity contribution is 5.89. The van der Waals surface area contributed by atoms with Gasteiger partial charge in [-0.15, -0.1) is 8.78 Å². The fraction of sp³-hybridized carbons (Fsp3) is 0.357. The van der Waals surface area contributed by atoms with Gasteiger partial charge in [0.1, 0.15) is 0 Å².